The van der Waals surface area contributed by atoms with Gasteiger partial charge in [0.05, 0.1) is 19.3 Å². The van der Waals surface area contributed by atoms with Crippen molar-refractivity contribution < 1.29 is 19.7 Å². The lowest BCUT2D eigenvalue weighted by Crippen LogP contribution is -2.53. The molecule has 0 aromatic rings. The molecule has 19 heavy (non-hydrogen) atoms. The first-order chi connectivity index (χ1) is 8.85. The number of amides is 1. The highest BCUT2D eigenvalue weighted by molar-refractivity contribution is 5.68. The topological polar surface area (TPSA) is 82.0 Å². The molecular weight excluding hydrogens is 248 g/mol. The summed E-state index contributed by atoms with van der Waals surface area (Å²) in [6.07, 6.45) is 1.51. The Morgan fingerprint density at radius 2 is 2.05 bits per heavy atom. The SMILES string of the molecule is CC(C)(C)OC(=O)N1CCCC(NC(CO)CO)C1. The van der Waals surface area contributed by atoms with Gasteiger partial charge in [-0.2, -0.15) is 0 Å². The maximum absolute atomic E-state index is 12.0. The largest absolute Gasteiger partial charge is 0.444 e. The Labute approximate surface area is 114 Å². The van der Waals surface area contributed by atoms with E-state index in [-0.39, 0.29) is 31.4 Å². The van der Waals surface area contributed by atoms with Crippen molar-refractivity contribution in [3.63, 3.8) is 0 Å². The number of carbonyl (C=O) groups excluding carboxylic acids is 1. The summed E-state index contributed by atoms with van der Waals surface area (Å²) in [4.78, 5) is 13.6. The van der Waals surface area contributed by atoms with Crippen molar-refractivity contribution in [2.24, 2.45) is 0 Å². The van der Waals surface area contributed by atoms with E-state index >= 15 is 0 Å². The van der Waals surface area contributed by atoms with E-state index in [2.05, 4.69) is 5.32 Å². The maximum atomic E-state index is 12.0. The molecule has 1 unspecified atom stereocenters. The second kappa shape index (κ2) is 7.07. The summed E-state index contributed by atoms with van der Waals surface area (Å²) < 4.78 is 5.34. The molecule has 0 aromatic carbocycles. The molecule has 1 atom stereocenters. The second-order valence-electron chi connectivity index (χ2n) is 5.99. The van der Waals surface area contributed by atoms with E-state index in [1.807, 2.05) is 20.8 Å². The monoisotopic (exact) mass is 274 g/mol. The predicted molar refractivity (Wildman–Crippen MR) is 71.9 cm³/mol. The molecule has 1 heterocycles. The Kier molecular flexibility index (Phi) is 6.03. The van der Waals surface area contributed by atoms with E-state index in [4.69, 9.17) is 14.9 Å². The predicted octanol–water partition coefficient (Wildman–Crippen LogP) is 0.329. The fourth-order valence-electron chi connectivity index (χ4n) is 2.10. The lowest BCUT2D eigenvalue weighted by Gasteiger charge is -2.35. The van der Waals surface area contributed by atoms with Gasteiger partial charge in [0, 0.05) is 19.1 Å². The van der Waals surface area contributed by atoms with Crippen molar-refractivity contribution in [1.82, 2.24) is 10.2 Å². The van der Waals surface area contributed by atoms with Gasteiger partial charge in [-0.25, -0.2) is 4.79 Å². The van der Waals surface area contributed by atoms with Crippen LogP contribution in [0.25, 0.3) is 0 Å². The van der Waals surface area contributed by atoms with Crippen molar-refractivity contribution in [1.29, 1.82) is 0 Å². The van der Waals surface area contributed by atoms with Crippen molar-refractivity contribution in [2.75, 3.05) is 26.3 Å². The third kappa shape index (κ3) is 5.76. The van der Waals surface area contributed by atoms with Crippen LogP contribution in [0.15, 0.2) is 0 Å². The number of rotatable bonds is 4. The van der Waals surface area contributed by atoms with Crippen LogP contribution in [0.1, 0.15) is 33.6 Å². The summed E-state index contributed by atoms with van der Waals surface area (Å²) in [6, 6.07) is -0.242. The zero-order valence-corrected chi connectivity index (χ0v) is 12.1. The molecule has 1 rings (SSSR count). The summed E-state index contributed by atoms with van der Waals surface area (Å²) in [5.41, 5.74) is -0.490. The first-order valence-corrected chi connectivity index (χ1v) is 6.81. The molecule has 6 heteroatoms. The molecule has 0 saturated carbocycles. The average Bonchev–Trinajstić information content (AvgIpc) is 2.34. The molecule has 6 nitrogen and oxygen atoms in total. The number of aliphatic hydroxyl groups is 2. The summed E-state index contributed by atoms with van der Waals surface area (Å²) in [5.74, 6) is 0. The van der Waals surface area contributed by atoms with Crippen molar-refractivity contribution >= 4 is 6.09 Å². The number of nitrogens with one attached hydrogen (secondary N) is 1. The zero-order valence-electron chi connectivity index (χ0n) is 12.1. The van der Waals surface area contributed by atoms with E-state index in [9.17, 15) is 4.79 Å². The molecule has 3 N–H and O–H groups in total. The molecular formula is C13H26N2O4. The van der Waals surface area contributed by atoms with E-state index < -0.39 is 5.60 Å². The quantitative estimate of drug-likeness (QED) is 0.688. The highest BCUT2D eigenvalue weighted by atomic mass is 16.6. The molecule has 1 amide bonds. The Balaban J connectivity index is 2.47. The zero-order chi connectivity index (χ0) is 14.5. The van der Waals surface area contributed by atoms with Crippen molar-refractivity contribution in [3.8, 4) is 0 Å². The van der Waals surface area contributed by atoms with Gasteiger partial charge in [0.2, 0.25) is 0 Å². The molecule has 1 aliphatic rings. The molecule has 1 aliphatic heterocycles. The van der Waals surface area contributed by atoms with Crippen LogP contribution in [0.3, 0.4) is 0 Å². The normalized spacial score (nSPS) is 20.7. The minimum absolute atomic E-state index is 0.0885. The lowest BCUT2D eigenvalue weighted by atomic mass is 10.1. The molecule has 1 saturated heterocycles. The highest BCUT2D eigenvalue weighted by Crippen LogP contribution is 2.15. The lowest BCUT2D eigenvalue weighted by molar-refractivity contribution is 0.0175. The van der Waals surface area contributed by atoms with Gasteiger partial charge in [0.15, 0.2) is 0 Å². The number of ether oxygens (including phenoxy) is 1. The molecule has 0 bridgehead atoms. The summed E-state index contributed by atoms with van der Waals surface area (Å²) in [7, 11) is 0. The van der Waals surface area contributed by atoms with Crippen LogP contribution in [0.2, 0.25) is 0 Å². The highest BCUT2D eigenvalue weighted by Gasteiger charge is 2.28. The van der Waals surface area contributed by atoms with Crippen LogP contribution in [-0.4, -0.2) is 65.2 Å². The number of aliphatic hydroxyl groups excluding tert-OH is 2. The number of carbonyl (C=O) groups is 1. The smallest absolute Gasteiger partial charge is 0.410 e. The van der Waals surface area contributed by atoms with Crippen LogP contribution < -0.4 is 5.32 Å². The summed E-state index contributed by atoms with van der Waals surface area (Å²) >= 11 is 0. The minimum Gasteiger partial charge on any atom is -0.444 e. The first-order valence-electron chi connectivity index (χ1n) is 6.81. The second-order valence-corrected chi connectivity index (χ2v) is 5.99. The average molecular weight is 274 g/mol. The van der Waals surface area contributed by atoms with Crippen molar-refractivity contribution in [2.45, 2.75) is 51.3 Å². The fourth-order valence-corrected chi connectivity index (χ4v) is 2.10. The maximum Gasteiger partial charge on any atom is 0.410 e. The van der Waals surface area contributed by atoms with Crippen LogP contribution in [0, 0.1) is 0 Å². The number of likely N-dealkylation sites (tertiary alicyclic amines) is 1. The van der Waals surface area contributed by atoms with Gasteiger partial charge in [-0.05, 0) is 33.6 Å². The van der Waals surface area contributed by atoms with E-state index in [0.29, 0.717) is 13.1 Å². The number of hydrogen-bond acceptors (Lipinski definition) is 5. The summed E-state index contributed by atoms with van der Waals surface area (Å²) in [5, 5.41) is 21.3. The van der Waals surface area contributed by atoms with Crippen LogP contribution in [0.4, 0.5) is 4.79 Å². The third-order valence-electron chi connectivity index (χ3n) is 2.99. The van der Waals surface area contributed by atoms with E-state index in [0.717, 1.165) is 12.8 Å². The fraction of sp³-hybridized carbons (Fsp3) is 0.923. The van der Waals surface area contributed by atoms with Gasteiger partial charge in [0.25, 0.3) is 0 Å². The standard InChI is InChI=1S/C13H26N2O4/c1-13(2,3)19-12(18)15-6-4-5-10(7-15)14-11(8-16)9-17/h10-11,14,16-17H,4-9H2,1-3H3. The van der Waals surface area contributed by atoms with Gasteiger partial charge in [-0.15, -0.1) is 0 Å². The minimum atomic E-state index is -0.490. The van der Waals surface area contributed by atoms with Crippen LogP contribution >= 0.6 is 0 Å². The van der Waals surface area contributed by atoms with Crippen LogP contribution in [0.5, 0.6) is 0 Å². The van der Waals surface area contributed by atoms with Crippen molar-refractivity contribution in [3.05, 3.63) is 0 Å². The molecule has 1 fully saturated rings. The molecule has 0 radical (unpaired) electrons. The number of hydrogen-bond donors (Lipinski definition) is 3. The number of piperidine rings is 1. The summed E-state index contributed by atoms with van der Waals surface area (Å²) in [6.45, 7) is 6.55. The Bertz CT molecular complexity index is 287. The van der Waals surface area contributed by atoms with Crippen LogP contribution in [-0.2, 0) is 4.74 Å². The van der Waals surface area contributed by atoms with Gasteiger partial charge in [-0.1, -0.05) is 0 Å². The van der Waals surface area contributed by atoms with E-state index in [1.165, 1.54) is 0 Å². The molecule has 0 aromatic heterocycles. The Morgan fingerprint density at radius 3 is 2.58 bits per heavy atom. The van der Waals surface area contributed by atoms with Gasteiger partial charge < -0.3 is 25.2 Å². The van der Waals surface area contributed by atoms with Gasteiger partial charge in [0.1, 0.15) is 5.60 Å². The number of nitrogens with zero attached hydrogens (tertiary/aromatic N) is 1. The van der Waals surface area contributed by atoms with E-state index in [1.54, 1.807) is 4.90 Å². The third-order valence-corrected chi connectivity index (χ3v) is 2.99. The first kappa shape index (κ1) is 16.2. The van der Waals surface area contributed by atoms with Gasteiger partial charge in [-0.3, -0.25) is 0 Å². The molecule has 0 spiro atoms. The Hall–Kier alpha value is -0.850. The van der Waals surface area contributed by atoms with Gasteiger partial charge >= 0.3 is 6.09 Å². The Morgan fingerprint density at radius 1 is 1.42 bits per heavy atom. The molecule has 0 aliphatic carbocycles. The molecule has 112 valence electrons.